The van der Waals surface area contributed by atoms with E-state index in [0.29, 0.717) is 6.61 Å². The van der Waals surface area contributed by atoms with E-state index in [1.165, 1.54) is 6.42 Å². The van der Waals surface area contributed by atoms with Crippen LogP contribution in [0.15, 0.2) is 18.5 Å². The molecule has 1 fully saturated rings. The molecule has 100 valence electrons. The van der Waals surface area contributed by atoms with Crippen molar-refractivity contribution in [2.24, 2.45) is 5.73 Å². The summed E-state index contributed by atoms with van der Waals surface area (Å²) in [6.07, 6.45) is 8.00. The summed E-state index contributed by atoms with van der Waals surface area (Å²) in [4.78, 5) is 4.19. The van der Waals surface area contributed by atoms with E-state index >= 15 is 0 Å². The van der Waals surface area contributed by atoms with Crippen LogP contribution in [0.3, 0.4) is 0 Å². The molecule has 2 rings (SSSR count). The monoisotopic (exact) mass is 250 g/mol. The van der Waals surface area contributed by atoms with Crippen molar-refractivity contribution < 1.29 is 9.47 Å². The minimum atomic E-state index is -0.108. The van der Waals surface area contributed by atoms with E-state index < -0.39 is 0 Å². The molecule has 2 N–H and O–H groups in total. The van der Waals surface area contributed by atoms with Crippen molar-refractivity contribution in [1.29, 1.82) is 0 Å². The zero-order chi connectivity index (χ0) is 12.8. The fraction of sp³-hybridized carbons (Fsp3) is 0.643. The van der Waals surface area contributed by atoms with Gasteiger partial charge in [0.15, 0.2) is 0 Å². The van der Waals surface area contributed by atoms with Gasteiger partial charge in [-0.25, -0.2) is 0 Å². The lowest BCUT2D eigenvalue weighted by Gasteiger charge is -2.28. The van der Waals surface area contributed by atoms with Crippen molar-refractivity contribution >= 4 is 0 Å². The number of nitrogens with two attached hydrogens (primary N) is 1. The van der Waals surface area contributed by atoms with Gasteiger partial charge in [-0.15, -0.1) is 0 Å². The van der Waals surface area contributed by atoms with Crippen LogP contribution in [0.1, 0.15) is 44.2 Å². The number of hydrogen-bond acceptors (Lipinski definition) is 4. The maximum Gasteiger partial charge on any atom is 0.137 e. The highest BCUT2D eigenvalue weighted by atomic mass is 16.5. The van der Waals surface area contributed by atoms with Crippen LogP contribution >= 0.6 is 0 Å². The minimum absolute atomic E-state index is 0.108. The summed E-state index contributed by atoms with van der Waals surface area (Å²) in [7, 11) is 0. The average molecular weight is 250 g/mol. The Morgan fingerprint density at radius 3 is 3.11 bits per heavy atom. The molecular weight excluding hydrogens is 228 g/mol. The van der Waals surface area contributed by atoms with E-state index in [9.17, 15) is 0 Å². The van der Waals surface area contributed by atoms with Gasteiger partial charge >= 0.3 is 0 Å². The molecule has 2 atom stereocenters. The second-order valence-corrected chi connectivity index (χ2v) is 4.73. The Balaban J connectivity index is 2.02. The van der Waals surface area contributed by atoms with Crippen molar-refractivity contribution in [3.8, 4) is 5.75 Å². The minimum Gasteiger partial charge on any atom is -0.492 e. The first-order chi connectivity index (χ1) is 8.81. The number of pyridine rings is 1. The van der Waals surface area contributed by atoms with Crippen LogP contribution in [-0.4, -0.2) is 24.3 Å². The number of hydrogen-bond donors (Lipinski definition) is 1. The third-order valence-corrected chi connectivity index (χ3v) is 3.21. The molecule has 1 saturated heterocycles. The molecule has 1 aromatic heterocycles. The Hall–Kier alpha value is -1.13. The summed E-state index contributed by atoms with van der Waals surface area (Å²) in [6.45, 7) is 3.61. The first-order valence-electron chi connectivity index (χ1n) is 6.76. The summed E-state index contributed by atoms with van der Waals surface area (Å²) in [5.41, 5.74) is 7.24. The zero-order valence-corrected chi connectivity index (χ0v) is 11.0. The molecule has 4 nitrogen and oxygen atoms in total. The lowest BCUT2D eigenvalue weighted by molar-refractivity contribution is -0.0000830. The summed E-state index contributed by atoms with van der Waals surface area (Å²) >= 11 is 0. The largest absolute Gasteiger partial charge is 0.492 e. The van der Waals surface area contributed by atoms with Crippen LogP contribution in [0.25, 0.3) is 0 Å². The lowest BCUT2D eigenvalue weighted by Crippen LogP contribution is -2.31. The third-order valence-electron chi connectivity index (χ3n) is 3.21. The lowest BCUT2D eigenvalue weighted by atomic mass is 9.97. The Morgan fingerprint density at radius 2 is 2.39 bits per heavy atom. The fourth-order valence-electron chi connectivity index (χ4n) is 2.18. The molecule has 1 aromatic rings. The van der Waals surface area contributed by atoms with Crippen LogP contribution in [-0.2, 0) is 4.74 Å². The summed E-state index contributed by atoms with van der Waals surface area (Å²) in [5.74, 6) is 0.792. The van der Waals surface area contributed by atoms with Gasteiger partial charge in [-0.1, -0.05) is 6.92 Å². The average Bonchev–Trinajstić information content (AvgIpc) is 2.45. The molecule has 0 aromatic carbocycles. The van der Waals surface area contributed by atoms with Crippen LogP contribution in [0.2, 0.25) is 0 Å². The quantitative estimate of drug-likeness (QED) is 0.872. The van der Waals surface area contributed by atoms with E-state index in [1.807, 2.05) is 6.07 Å². The van der Waals surface area contributed by atoms with E-state index in [2.05, 4.69) is 11.9 Å². The predicted octanol–water partition coefficient (Wildman–Crippen LogP) is 2.44. The Morgan fingerprint density at radius 1 is 1.50 bits per heavy atom. The molecular formula is C14H22N2O2. The van der Waals surface area contributed by atoms with Crippen molar-refractivity contribution in [1.82, 2.24) is 4.98 Å². The van der Waals surface area contributed by atoms with E-state index in [1.54, 1.807) is 12.4 Å². The van der Waals surface area contributed by atoms with E-state index in [4.69, 9.17) is 15.2 Å². The molecule has 0 bridgehead atoms. The standard InChI is InChI=1S/C14H22N2O2/c1-2-6-17-12-8-11(9-16-10-12)14(15)13-5-3-4-7-18-13/h8-10,13-14H,2-7,15H2,1H3. The maximum atomic E-state index is 6.25. The van der Waals surface area contributed by atoms with Crippen molar-refractivity contribution in [3.63, 3.8) is 0 Å². The molecule has 0 saturated carbocycles. The smallest absolute Gasteiger partial charge is 0.137 e. The van der Waals surface area contributed by atoms with Gasteiger partial charge in [0.1, 0.15) is 5.75 Å². The van der Waals surface area contributed by atoms with Crippen LogP contribution in [0.5, 0.6) is 5.75 Å². The highest BCUT2D eigenvalue weighted by molar-refractivity contribution is 5.26. The molecule has 0 aliphatic carbocycles. The van der Waals surface area contributed by atoms with Crippen LogP contribution in [0.4, 0.5) is 0 Å². The normalized spacial score (nSPS) is 21.6. The van der Waals surface area contributed by atoms with Gasteiger partial charge in [-0.3, -0.25) is 4.98 Å². The topological polar surface area (TPSA) is 57.4 Å². The summed E-state index contributed by atoms with van der Waals surface area (Å²) < 4.78 is 11.3. The maximum absolute atomic E-state index is 6.25. The van der Waals surface area contributed by atoms with Gasteiger partial charge in [0, 0.05) is 12.8 Å². The van der Waals surface area contributed by atoms with Gasteiger partial charge in [0.2, 0.25) is 0 Å². The molecule has 0 amide bonds. The molecule has 2 heterocycles. The second kappa shape index (κ2) is 6.71. The third kappa shape index (κ3) is 3.43. The highest BCUT2D eigenvalue weighted by Crippen LogP contribution is 2.25. The van der Waals surface area contributed by atoms with Crippen molar-refractivity contribution in [3.05, 3.63) is 24.0 Å². The number of rotatable bonds is 5. The Bertz CT molecular complexity index is 365. The Labute approximate surface area is 108 Å². The second-order valence-electron chi connectivity index (χ2n) is 4.73. The van der Waals surface area contributed by atoms with Gasteiger partial charge in [0.05, 0.1) is 24.9 Å². The van der Waals surface area contributed by atoms with Crippen LogP contribution < -0.4 is 10.5 Å². The first-order valence-corrected chi connectivity index (χ1v) is 6.76. The zero-order valence-electron chi connectivity index (χ0n) is 11.0. The SMILES string of the molecule is CCCOc1cncc(C(N)C2CCCCO2)c1. The van der Waals surface area contributed by atoms with E-state index in [0.717, 1.165) is 37.2 Å². The predicted molar refractivity (Wildman–Crippen MR) is 70.5 cm³/mol. The number of nitrogens with zero attached hydrogens (tertiary/aromatic N) is 1. The summed E-state index contributed by atoms with van der Waals surface area (Å²) in [6, 6.07) is 1.87. The first kappa shape index (κ1) is 13.3. The van der Waals surface area contributed by atoms with Crippen molar-refractivity contribution in [2.45, 2.75) is 44.8 Å². The molecule has 0 spiro atoms. The molecule has 4 heteroatoms. The fourth-order valence-corrected chi connectivity index (χ4v) is 2.18. The molecule has 18 heavy (non-hydrogen) atoms. The van der Waals surface area contributed by atoms with Crippen molar-refractivity contribution in [2.75, 3.05) is 13.2 Å². The van der Waals surface area contributed by atoms with Gasteiger partial charge in [0.25, 0.3) is 0 Å². The molecule has 2 unspecified atom stereocenters. The van der Waals surface area contributed by atoms with Gasteiger partial charge < -0.3 is 15.2 Å². The van der Waals surface area contributed by atoms with E-state index in [-0.39, 0.29) is 12.1 Å². The van der Waals surface area contributed by atoms with Gasteiger partial charge in [-0.2, -0.15) is 0 Å². The summed E-state index contributed by atoms with van der Waals surface area (Å²) in [5, 5.41) is 0. The molecule has 0 radical (unpaired) electrons. The molecule has 1 aliphatic heterocycles. The number of ether oxygens (including phenoxy) is 2. The highest BCUT2D eigenvalue weighted by Gasteiger charge is 2.23. The number of aromatic nitrogens is 1. The van der Waals surface area contributed by atoms with Crippen LogP contribution in [0, 0.1) is 0 Å². The Kier molecular flexibility index (Phi) is 4.96. The molecule has 1 aliphatic rings. The van der Waals surface area contributed by atoms with Gasteiger partial charge in [-0.05, 0) is 37.3 Å².